The van der Waals surface area contributed by atoms with E-state index in [1.54, 1.807) is 0 Å². The van der Waals surface area contributed by atoms with Gasteiger partial charge in [0, 0.05) is 6.04 Å². The molecule has 0 amide bonds. The minimum absolute atomic E-state index is 0.0456. The smallest absolute Gasteiger partial charge is 0.0583 e. The molecular formula is C12H28N2O. The Morgan fingerprint density at radius 3 is 2.00 bits per heavy atom. The van der Waals surface area contributed by atoms with Gasteiger partial charge in [-0.15, -0.1) is 0 Å². The average molecular weight is 216 g/mol. The van der Waals surface area contributed by atoms with Crippen LogP contribution in [-0.2, 0) is 0 Å². The second-order valence-electron chi connectivity index (χ2n) is 4.28. The Hall–Kier alpha value is -0.120. The molecule has 0 fully saturated rings. The van der Waals surface area contributed by atoms with Crippen molar-refractivity contribution in [2.45, 2.75) is 52.0 Å². The third-order valence-electron chi connectivity index (χ3n) is 2.71. The van der Waals surface area contributed by atoms with Gasteiger partial charge < -0.3 is 15.7 Å². The van der Waals surface area contributed by atoms with Crippen LogP contribution in [0.5, 0.6) is 0 Å². The Bertz CT molecular complexity index is 123. The Morgan fingerprint density at radius 2 is 1.60 bits per heavy atom. The second-order valence-corrected chi connectivity index (χ2v) is 4.28. The summed E-state index contributed by atoms with van der Waals surface area (Å²) in [7, 11) is 0. The minimum Gasteiger partial charge on any atom is -0.395 e. The van der Waals surface area contributed by atoms with Crippen LogP contribution in [0.15, 0.2) is 0 Å². The van der Waals surface area contributed by atoms with Crippen LogP contribution in [-0.4, -0.2) is 42.3 Å². The van der Waals surface area contributed by atoms with Crippen LogP contribution >= 0.6 is 0 Å². The van der Waals surface area contributed by atoms with E-state index in [0.717, 1.165) is 13.0 Å². The SMILES string of the molecule is CCCCN(CCCC)CCC(N)CO. The van der Waals surface area contributed by atoms with Gasteiger partial charge in [0.05, 0.1) is 6.61 Å². The topological polar surface area (TPSA) is 49.5 Å². The predicted molar refractivity (Wildman–Crippen MR) is 65.9 cm³/mol. The number of aliphatic hydroxyl groups is 1. The van der Waals surface area contributed by atoms with Crippen LogP contribution in [0.3, 0.4) is 0 Å². The van der Waals surface area contributed by atoms with Crippen molar-refractivity contribution in [1.29, 1.82) is 0 Å². The molecule has 0 aliphatic rings. The van der Waals surface area contributed by atoms with E-state index in [1.807, 2.05) is 0 Å². The molecule has 3 nitrogen and oxygen atoms in total. The Balaban J connectivity index is 3.67. The lowest BCUT2D eigenvalue weighted by molar-refractivity contribution is 0.220. The Morgan fingerprint density at radius 1 is 1.07 bits per heavy atom. The zero-order valence-corrected chi connectivity index (χ0v) is 10.4. The zero-order valence-electron chi connectivity index (χ0n) is 10.4. The van der Waals surface area contributed by atoms with Crippen LogP contribution in [0.25, 0.3) is 0 Å². The minimum atomic E-state index is -0.0456. The normalized spacial score (nSPS) is 13.4. The lowest BCUT2D eigenvalue weighted by atomic mass is 10.2. The molecule has 0 saturated carbocycles. The highest BCUT2D eigenvalue weighted by Crippen LogP contribution is 2.01. The third kappa shape index (κ3) is 8.85. The molecule has 3 N–H and O–H groups in total. The Kier molecular flexibility index (Phi) is 10.3. The molecule has 0 spiro atoms. The highest BCUT2D eigenvalue weighted by Gasteiger charge is 2.06. The van der Waals surface area contributed by atoms with Crippen molar-refractivity contribution in [1.82, 2.24) is 4.90 Å². The summed E-state index contributed by atoms with van der Waals surface area (Å²) >= 11 is 0. The van der Waals surface area contributed by atoms with Crippen molar-refractivity contribution in [2.75, 3.05) is 26.2 Å². The van der Waals surface area contributed by atoms with E-state index in [1.165, 1.54) is 38.8 Å². The first-order chi connectivity index (χ1) is 7.24. The molecular weight excluding hydrogens is 188 g/mol. The van der Waals surface area contributed by atoms with Gasteiger partial charge in [-0.25, -0.2) is 0 Å². The summed E-state index contributed by atoms with van der Waals surface area (Å²) < 4.78 is 0. The molecule has 0 bridgehead atoms. The lowest BCUT2D eigenvalue weighted by Crippen LogP contribution is -2.33. The molecule has 0 aliphatic carbocycles. The van der Waals surface area contributed by atoms with Crippen molar-refractivity contribution in [3.8, 4) is 0 Å². The van der Waals surface area contributed by atoms with E-state index in [2.05, 4.69) is 18.7 Å². The van der Waals surface area contributed by atoms with E-state index in [0.29, 0.717) is 0 Å². The van der Waals surface area contributed by atoms with Gasteiger partial charge in [-0.05, 0) is 38.9 Å². The fraction of sp³-hybridized carbons (Fsp3) is 1.00. The molecule has 0 rings (SSSR count). The molecule has 0 aromatic rings. The first-order valence-electron chi connectivity index (χ1n) is 6.33. The second kappa shape index (κ2) is 10.4. The molecule has 0 aromatic carbocycles. The maximum Gasteiger partial charge on any atom is 0.0583 e. The molecule has 3 heteroatoms. The van der Waals surface area contributed by atoms with Crippen LogP contribution < -0.4 is 5.73 Å². The largest absolute Gasteiger partial charge is 0.395 e. The van der Waals surface area contributed by atoms with Gasteiger partial charge >= 0.3 is 0 Å². The number of rotatable bonds is 10. The summed E-state index contributed by atoms with van der Waals surface area (Å²) in [6.45, 7) is 7.93. The molecule has 15 heavy (non-hydrogen) atoms. The molecule has 0 aromatic heterocycles. The summed E-state index contributed by atoms with van der Waals surface area (Å²) in [5.41, 5.74) is 5.70. The van der Waals surface area contributed by atoms with Crippen molar-refractivity contribution in [3.63, 3.8) is 0 Å². The van der Waals surface area contributed by atoms with Gasteiger partial charge in [-0.1, -0.05) is 26.7 Å². The van der Waals surface area contributed by atoms with Gasteiger partial charge in [0.1, 0.15) is 0 Å². The van der Waals surface area contributed by atoms with Gasteiger partial charge in [0.25, 0.3) is 0 Å². The number of unbranched alkanes of at least 4 members (excludes halogenated alkanes) is 2. The summed E-state index contributed by atoms with van der Waals surface area (Å²) in [6.07, 6.45) is 5.92. The third-order valence-corrected chi connectivity index (χ3v) is 2.71. The summed E-state index contributed by atoms with van der Waals surface area (Å²) in [5, 5.41) is 8.86. The van der Waals surface area contributed by atoms with Crippen LogP contribution in [0.2, 0.25) is 0 Å². The fourth-order valence-corrected chi connectivity index (χ4v) is 1.54. The first-order valence-corrected chi connectivity index (χ1v) is 6.33. The number of hydrogen-bond acceptors (Lipinski definition) is 3. The van der Waals surface area contributed by atoms with Crippen molar-refractivity contribution in [2.24, 2.45) is 5.73 Å². The number of hydrogen-bond donors (Lipinski definition) is 2. The van der Waals surface area contributed by atoms with Gasteiger partial charge in [0.15, 0.2) is 0 Å². The standard InChI is InChI=1S/C12H28N2O/c1-3-5-8-14(9-6-4-2)10-7-12(13)11-15/h12,15H,3-11,13H2,1-2H3. The molecule has 0 saturated heterocycles. The van der Waals surface area contributed by atoms with Gasteiger partial charge in [-0.3, -0.25) is 0 Å². The average Bonchev–Trinajstić information content (AvgIpc) is 2.27. The molecule has 1 unspecified atom stereocenters. The number of nitrogens with zero attached hydrogens (tertiary/aromatic N) is 1. The Labute approximate surface area is 94.6 Å². The van der Waals surface area contributed by atoms with Gasteiger partial charge in [-0.2, -0.15) is 0 Å². The first kappa shape index (κ1) is 14.9. The highest BCUT2D eigenvalue weighted by molar-refractivity contribution is 4.64. The van der Waals surface area contributed by atoms with Crippen LogP contribution in [0.4, 0.5) is 0 Å². The van der Waals surface area contributed by atoms with E-state index < -0.39 is 0 Å². The number of aliphatic hydroxyl groups excluding tert-OH is 1. The van der Waals surface area contributed by atoms with Crippen molar-refractivity contribution < 1.29 is 5.11 Å². The zero-order chi connectivity index (χ0) is 11.5. The fourth-order valence-electron chi connectivity index (χ4n) is 1.54. The summed E-state index contributed by atoms with van der Waals surface area (Å²) in [5.74, 6) is 0. The van der Waals surface area contributed by atoms with E-state index >= 15 is 0 Å². The van der Waals surface area contributed by atoms with Gasteiger partial charge in [0.2, 0.25) is 0 Å². The number of nitrogens with two attached hydrogens (primary N) is 1. The van der Waals surface area contributed by atoms with Crippen molar-refractivity contribution in [3.05, 3.63) is 0 Å². The van der Waals surface area contributed by atoms with Crippen molar-refractivity contribution >= 4 is 0 Å². The maximum absolute atomic E-state index is 8.86. The molecule has 0 radical (unpaired) electrons. The summed E-state index contributed by atoms with van der Waals surface area (Å²) in [6, 6.07) is -0.0456. The maximum atomic E-state index is 8.86. The van der Waals surface area contributed by atoms with Crippen LogP contribution in [0, 0.1) is 0 Å². The summed E-state index contributed by atoms with van der Waals surface area (Å²) in [4.78, 5) is 2.47. The molecule has 1 atom stereocenters. The van der Waals surface area contributed by atoms with E-state index in [4.69, 9.17) is 10.8 Å². The quantitative estimate of drug-likeness (QED) is 0.583. The van der Waals surface area contributed by atoms with E-state index in [-0.39, 0.29) is 12.6 Å². The van der Waals surface area contributed by atoms with E-state index in [9.17, 15) is 0 Å². The molecule has 0 heterocycles. The van der Waals surface area contributed by atoms with Crippen LogP contribution in [0.1, 0.15) is 46.0 Å². The monoisotopic (exact) mass is 216 g/mol. The lowest BCUT2D eigenvalue weighted by Gasteiger charge is -2.23. The molecule has 0 aliphatic heterocycles. The molecule has 92 valence electrons. The predicted octanol–water partition coefficient (Wildman–Crippen LogP) is 1.60. The highest BCUT2D eigenvalue weighted by atomic mass is 16.3.